The van der Waals surface area contributed by atoms with E-state index in [-0.39, 0.29) is 37.2 Å². The highest BCUT2D eigenvalue weighted by Gasteiger charge is 2.43. The first kappa shape index (κ1) is 22.7. The lowest BCUT2D eigenvalue weighted by Gasteiger charge is -2.43. The first-order chi connectivity index (χ1) is 15.5. The molecule has 4 rings (SSSR count). The SMILES string of the molecule is Cc1ncsc1C(=O)N1CCO[C@@](COc2ccc(F)cc2)(CC(=O)N2CCCCC2)C1. The second-order valence-electron chi connectivity index (χ2n) is 8.39. The van der Waals surface area contributed by atoms with Crippen molar-refractivity contribution in [2.24, 2.45) is 0 Å². The Bertz CT molecular complexity index is 945. The molecule has 1 aromatic heterocycles. The number of ether oxygens (including phenoxy) is 2. The van der Waals surface area contributed by atoms with Gasteiger partial charge in [-0.2, -0.15) is 0 Å². The number of benzene rings is 1. The molecular weight excluding hydrogens is 433 g/mol. The highest BCUT2D eigenvalue weighted by molar-refractivity contribution is 7.11. The van der Waals surface area contributed by atoms with Gasteiger partial charge in [0.15, 0.2) is 0 Å². The Morgan fingerprint density at radius 1 is 1.16 bits per heavy atom. The second-order valence-corrected chi connectivity index (χ2v) is 9.24. The summed E-state index contributed by atoms with van der Waals surface area (Å²) in [5.74, 6) is 0.0417. The van der Waals surface area contributed by atoms with E-state index in [1.54, 1.807) is 22.5 Å². The number of hydrogen-bond donors (Lipinski definition) is 0. The van der Waals surface area contributed by atoms with Crippen LogP contribution in [-0.4, -0.2) is 71.6 Å². The molecule has 0 unspecified atom stereocenters. The molecule has 0 radical (unpaired) electrons. The van der Waals surface area contributed by atoms with Crippen molar-refractivity contribution in [2.75, 3.05) is 39.4 Å². The van der Waals surface area contributed by atoms with Crippen molar-refractivity contribution >= 4 is 23.2 Å². The van der Waals surface area contributed by atoms with Gasteiger partial charge in [0.1, 0.15) is 28.7 Å². The van der Waals surface area contributed by atoms with Gasteiger partial charge in [0.2, 0.25) is 5.91 Å². The quantitative estimate of drug-likeness (QED) is 0.660. The third-order valence-corrected chi connectivity index (χ3v) is 6.89. The zero-order chi connectivity index (χ0) is 22.6. The maximum atomic E-state index is 13.3. The molecule has 0 bridgehead atoms. The number of hydrogen-bond acceptors (Lipinski definition) is 6. The smallest absolute Gasteiger partial charge is 0.266 e. The topological polar surface area (TPSA) is 72.0 Å². The van der Waals surface area contributed by atoms with Gasteiger partial charge in [0.05, 0.1) is 30.8 Å². The molecule has 7 nitrogen and oxygen atoms in total. The Morgan fingerprint density at radius 2 is 1.91 bits per heavy atom. The molecule has 1 atom stereocenters. The van der Waals surface area contributed by atoms with Gasteiger partial charge in [-0.05, 0) is 50.5 Å². The van der Waals surface area contributed by atoms with Gasteiger partial charge in [-0.3, -0.25) is 9.59 Å². The molecule has 9 heteroatoms. The summed E-state index contributed by atoms with van der Waals surface area (Å²) < 4.78 is 25.3. The summed E-state index contributed by atoms with van der Waals surface area (Å²) in [6.07, 6.45) is 3.26. The molecule has 0 saturated carbocycles. The van der Waals surface area contributed by atoms with Crippen LogP contribution in [0.1, 0.15) is 41.0 Å². The molecule has 2 aromatic rings. The largest absolute Gasteiger partial charge is 0.490 e. The van der Waals surface area contributed by atoms with Crippen LogP contribution >= 0.6 is 11.3 Å². The number of amides is 2. The van der Waals surface area contributed by atoms with Crippen LogP contribution in [0.15, 0.2) is 29.8 Å². The number of thiazole rings is 1. The monoisotopic (exact) mass is 461 g/mol. The van der Waals surface area contributed by atoms with Crippen molar-refractivity contribution in [1.29, 1.82) is 0 Å². The third-order valence-electron chi connectivity index (χ3n) is 5.97. The molecule has 1 aromatic carbocycles. The number of morpholine rings is 1. The normalized spacial score (nSPS) is 21.4. The van der Waals surface area contributed by atoms with Gasteiger partial charge in [0, 0.05) is 19.6 Å². The van der Waals surface area contributed by atoms with Gasteiger partial charge in [-0.15, -0.1) is 11.3 Å². The summed E-state index contributed by atoms with van der Waals surface area (Å²) in [7, 11) is 0. The van der Waals surface area contributed by atoms with Crippen LogP contribution in [0.3, 0.4) is 0 Å². The Labute approximate surface area is 191 Å². The molecule has 2 fully saturated rings. The van der Waals surface area contributed by atoms with E-state index in [4.69, 9.17) is 9.47 Å². The molecular formula is C23H28FN3O4S. The van der Waals surface area contributed by atoms with Crippen LogP contribution in [-0.2, 0) is 9.53 Å². The van der Waals surface area contributed by atoms with Crippen molar-refractivity contribution in [3.63, 3.8) is 0 Å². The average Bonchev–Trinajstić information content (AvgIpc) is 3.25. The predicted octanol–water partition coefficient (Wildman–Crippen LogP) is 3.28. The van der Waals surface area contributed by atoms with E-state index >= 15 is 0 Å². The van der Waals surface area contributed by atoms with Crippen LogP contribution in [0, 0.1) is 12.7 Å². The van der Waals surface area contributed by atoms with Crippen molar-refractivity contribution in [1.82, 2.24) is 14.8 Å². The molecule has 0 N–H and O–H groups in total. The second kappa shape index (κ2) is 9.95. The lowest BCUT2D eigenvalue weighted by molar-refractivity contribution is -0.153. The van der Waals surface area contributed by atoms with E-state index in [1.165, 1.54) is 23.5 Å². The van der Waals surface area contributed by atoms with Crippen LogP contribution in [0.2, 0.25) is 0 Å². The molecule has 0 aliphatic carbocycles. The van der Waals surface area contributed by atoms with Gasteiger partial charge >= 0.3 is 0 Å². The fraction of sp³-hybridized carbons (Fsp3) is 0.522. The summed E-state index contributed by atoms with van der Waals surface area (Å²) in [5.41, 5.74) is 1.38. The summed E-state index contributed by atoms with van der Waals surface area (Å²) >= 11 is 1.31. The summed E-state index contributed by atoms with van der Waals surface area (Å²) in [6.45, 7) is 4.38. The Kier molecular flexibility index (Phi) is 7.05. The molecule has 2 aliphatic rings. The van der Waals surface area contributed by atoms with E-state index in [0.717, 1.165) is 32.4 Å². The van der Waals surface area contributed by atoms with Gasteiger partial charge in [0.25, 0.3) is 5.91 Å². The van der Waals surface area contributed by atoms with Crippen LogP contribution in [0.4, 0.5) is 4.39 Å². The maximum absolute atomic E-state index is 13.3. The van der Waals surface area contributed by atoms with Crippen LogP contribution in [0.5, 0.6) is 5.75 Å². The zero-order valence-corrected chi connectivity index (χ0v) is 19.0. The lowest BCUT2D eigenvalue weighted by atomic mass is 9.96. The Hall–Kier alpha value is -2.52. The summed E-state index contributed by atoms with van der Waals surface area (Å²) in [4.78, 5) is 34.6. The minimum atomic E-state index is -0.977. The first-order valence-electron chi connectivity index (χ1n) is 11.0. The number of carbonyl (C=O) groups is 2. The van der Waals surface area contributed by atoms with Crippen molar-refractivity contribution in [2.45, 2.75) is 38.2 Å². The minimum Gasteiger partial charge on any atom is -0.490 e. The van der Waals surface area contributed by atoms with Crippen molar-refractivity contribution in [3.8, 4) is 5.75 Å². The van der Waals surface area contributed by atoms with E-state index < -0.39 is 5.60 Å². The number of piperidine rings is 1. The Balaban J connectivity index is 1.52. The molecule has 2 aliphatic heterocycles. The van der Waals surface area contributed by atoms with Crippen LogP contribution < -0.4 is 4.74 Å². The van der Waals surface area contributed by atoms with E-state index in [1.807, 2.05) is 11.8 Å². The van der Waals surface area contributed by atoms with Crippen molar-refractivity contribution < 1.29 is 23.5 Å². The number of aromatic nitrogens is 1. The zero-order valence-electron chi connectivity index (χ0n) is 18.2. The molecule has 172 valence electrons. The molecule has 32 heavy (non-hydrogen) atoms. The predicted molar refractivity (Wildman–Crippen MR) is 118 cm³/mol. The van der Waals surface area contributed by atoms with E-state index in [9.17, 15) is 14.0 Å². The first-order valence-corrected chi connectivity index (χ1v) is 11.8. The fourth-order valence-electron chi connectivity index (χ4n) is 4.19. The number of nitrogens with zero attached hydrogens (tertiary/aromatic N) is 3. The fourth-order valence-corrected chi connectivity index (χ4v) is 4.96. The summed E-state index contributed by atoms with van der Waals surface area (Å²) in [6, 6.07) is 5.74. The number of rotatable bonds is 6. The Morgan fingerprint density at radius 3 is 2.59 bits per heavy atom. The molecule has 0 spiro atoms. The number of likely N-dealkylation sites (tertiary alicyclic amines) is 1. The van der Waals surface area contributed by atoms with Gasteiger partial charge in [-0.25, -0.2) is 9.37 Å². The minimum absolute atomic E-state index is 0.00989. The number of halogens is 1. The molecule has 2 saturated heterocycles. The lowest BCUT2D eigenvalue weighted by Crippen LogP contribution is -2.58. The van der Waals surface area contributed by atoms with E-state index in [2.05, 4.69) is 4.98 Å². The van der Waals surface area contributed by atoms with Gasteiger partial charge in [-0.1, -0.05) is 0 Å². The summed E-state index contributed by atoms with van der Waals surface area (Å²) in [5, 5.41) is 0. The van der Waals surface area contributed by atoms with E-state index in [0.29, 0.717) is 29.5 Å². The highest BCUT2D eigenvalue weighted by Crippen LogP contribution is 2.28. The molecule has 3 heterocycles. The number of carbonyl (C=O) groups excluding carboxylic acids is 2. The highest BCUT2D eigenvalue weighted by atomic mass is 32.1. The van der Waals surface area contributed by atoms with Gasteiger partial charge < -0.3 is 19.3 Å². The van der Waals surface area contributed by atoms with Crippen molar-refractivity contribution in [3.05, 3.63) is 46.2 Å². The number of aryl methyl sites for hydroxylation is 1. The van der Waals surface area contributed by atoms with Crippen LogP contribution in [0.25, 0.3) is 0 Å². The average molecular weight is 462 g/mol. The maximum Gasteiger partial charge on any atom is 0.266 e. The molecule has 2 amide bonds. The standard InChI is InChI=1S/C23H28FN3O4S/c1-17-21(32-16-25-17)22(29)27-11-12-31-23(14-27,13-20(28)26-9-3-2-4-10-26)15-30-19-7-5-18(24)6-8-19/h5-8,16H,2-4,9-15H2,1H3/t23-/m0/s1. The third kappa shape index (κ3) is 5.27.